The van der Waals surface area contributed by atoms with Crippen molar-refractivity contribution in [1.29, 1.82) is 0 Å². The van der Waals surface area contributed by atoms with E-state index in [2.05, 4.69) is 36.5 Å². The minimum absolute atomic E-state index is 0.0145. The van der Waals surface area contributed by atoms with E-state index >= 15 is 0 Å². The highest BCUT2D eigenvalue weighted by molar-refractivity contribution is 5.99. The summed E-state index contributed by atoms with van der Waals surface area (Å²) in [5.74, 6) is -0.0145. The van der Waals surface area contributed by atoms with E-state index in [9.17, 15) is 4.79 Å². The molecule has 2 aromatic carbocycles. The first-order valence-corrected chi connectivity index (χ1v) is 7.36. The number of nitrogens with one attached hydrogen (secondary N) is 1. The van der Waals surface area contributed by atoms with Gasteiger partial charge in [0.25, 0.3) is 0 Å². The van der Waals surface area contributed by atoms with Crippen LogP contribution in [0.25, 0.3) is 0 Å². The van der Waals surface area contributed by atoms with Crippen LogP contribution in [-0.4, -0.2) is 5.78 Å². The first kappa shape index (κ1) is 15.1. The van der Waals surface area contributed by atoms with Crippen LogP contribution < -0.4 is 11.1 Å². The van der Waals surface area contributed by atoms with Gasteiger partial charge in [-0.3, -0.25) is 4.79 Å². The summed E-state index contributed by atoms with van der Waals surface area (Å²) < 4.78 is 0. The summed E-state index contributed by atoms with van der Waals surface area (Å²) in [6.07, 6.45) is 3.55. The number of hydrogen-bond donors (Lipinski definition) is 2. The Morgan fingerprint density at radius 1 is 1.10 bits per heavy atom. The third-order valence-electron chi connectivity index (χ3n) is 3.49. The Bertz CT molecular complexity index is 618. The number of benzene rings is 2. The van der Waals surface area contributed by atoms with Crippen LogP contribution in [0.4, 0.5) is 17.1 Å². The Hall–Kier alpha value is -2.29. The lowest BCUT2D eigenvalue weighted by Gasteiger charge is -2.10. The van der Waals surface area contributed by atoms with Crippen molar-refractivity contribution in [2.75, 3.05) is 11.1 Å². The predicted molar refractivity (Wildman–Crippen MR) is 89.2 cm³/mol. The molecule has 0 aliphatic carbocycles. The number of Topliss-reactive ketones (excluding diaryl/α,β-unsaturated/α-hetero) is 1. The van der Waals surface area contributed by atoms with Gasteiger partial charge in [0, 0.05) is 22.6 Å². The van der Waals surface area contributed by atoms with Crippen molar-refractivity contribution in [2.45, 2.75) is 33.1 Å². The number of hydrogen-bond acceptors (Lipinski definition) is 3. The first-order chi connectivity index (χ1) is 10.1. The molecule has 0 amide bonds. The van der Waals surface area contributed by atoms with E-state index in [0.29, 0.717) is 11.3 Å². The third kappa shape index (κ3) is 4.09. The Balaban J connectivity index is 2.07. The largest absolute Gasteiger partial charge is 0.398 e. The number of nitrogen functional groups attached to an aromatic ring is 1. The lowest BCUT2D eigenvalue weighted by atomic mass is 10.1. The molecule has 0 bridgehead atoms. The molecule has 0 spiro atoms. The van der Waals surface area contributed by atoms with E-state index in [-0.39, 0.29) is 5.78 Å². The molecular formula is C18H22N2O. The fraction of sp³-hybridized carbons (Fsp3) is 0.278. The van der Waals surface area contributed by atoms with E-state index in [1.54, 1.807) is 12.1 Å². The van der Waals surface area contributed by atoms with Crippen molar-refractivity contribution in [1.82, 2.24) is 0 Å². The lowest BCUT2D eigenvalue weighted by Crippen LogP contribution is -2.00. The third-order valence-corrected chi connectivity index (χ3v) is 3.49. The van der Waals surface area contributed by atoms with Gasteiger partial charge >= 0.3 is 0 Å². The molecule has 0 saturated heterocycles. The number of aryl methyl sites for hydroxylation is 1. The standard InChI is InChI=1S/C18H22N2O/c1-3-4-5-14-6-8-15(9-7-14)20-16-10-11-17(13(2)21)18(19)12-16/h6-12,20H,3-5,19H2,1-2H3. The van der Waals surface area contributed by atoms with Crippen molar-refractivity contribution in [3.8, 4) is 0 Å². The van der Waals surface area contributed by atoms with E-state index < -0.39 is 0 Å². The maximum Gasteiger partial charge on any atom is 0.161 e. The molecule has 0 atom stereocenters. The normalized spacial score (nSPS) is 10.4. The number of rotatable bonds is 6. The van der Waals surface area contributed by atoms with Crippen molar-refractivity contribution in [3.05, 3.63) is 53.6 Å². The molecule has 0 fully saturated rings. The molecule has 3 nitrogen and oxygen atoms in total. The van der Waals surface area contributed by atoms with E-state index in [4.69, 9.17) is 5.73 Å². The highest BCUT2D eigenvalue weighted by Gasteiger charge is 2.05. The molecule has 2 rings (SSSR count). The second kappa shape index (κ2) is 6.93. The Kier molecular flexibility index (Phi) is 4.99. The van der Waals surface area contributed by atoms with Crippen LogP contribution in [0.15, 0.2) is 42.5 Å². The van der Waals surface area contributed by atoms with E-state index in [1.165, 1.54) is 25.3 Å². The van der Waals surface area contributed by atoms with Gasteiger partial charge in [-0.25, -0.2) is 0 Å². The Morgan fingerprint density at radius 3 is 2.33 bits per heavy atom. The van der Waals surface area contributed by atoms with Crippen LogP contribution in [0, 0.1) is 0 Å². The van der Waals surface area contributed by atoms with Crippen molar-refractivity contribution in [2.24, 2.45) is 0 Å². The molecule has 0 saturated carbocycles. The number of carbonyl (C=O) groups excluding carboxylic acids is 1. The SMILES string of the molecule is CCCCc1ccc(Nc2ccc(C(C)=O)c(N)c2)cc1. The smallest absolute Gasteiger partial charge is 0.161 e. The highest BCUT2D eigenvalue weighted by atomic mass is 16.1. The molecule has 0 unspecified atom stereocenters. The minimum Gasteiger partial charge on any atom is -0.398 e. The maximum absolute atomic E-state index is 11.4. The highest BCUT2D eigenvalue weighted by Crippen LogP contribution is 2.22. The summed E-state index contributed by atoms with van der Waals surface area (Å²) in [6.45, 7) is 3.72. The molecule has 0 radical (unpaired) electrons. The van der Waals surface area contributed by atoms with Crippen molar-refractivity contribution in [3.63, 3.8) is 0 Å². The van der Waals surface area contributed by atoms with Crippen LogP contribution in [0.2, 0.25) is 0 Å². The van der Waals surface area contributed by atoms with Gasteiger partial charge in [0.1, 0.15) is 0 Å². The van der Waals surface area contributed by atoms with Gasteiger partial charge in [-0.1, -0.05) is 25.5 Å². The summed E-state index contributed by atoms with van der Waals surface area (Å²) in [5.41, 5.74) is 10.2. The van der Waals surface area contributed by atoms with Gasteiger partial charge in [-0.15, -0.1) is 0 Å². The molecule has 0 heterocycles. The summed E-state index contributed by atoms with van der Waals surface area (Å²) in [7, 11) is 0. The van der Waals surface area contributed by atoms with E-state index in [1.807, 2.05) is 6.07 Å². The number of unbranched alkanes of at least 4 members (excludes halogenated alkanes) is 1. The zero-order chi connectivity index (χ0) is 15.2. The van der Waals surface area contributed by atoms with E-state index in [0.717, 1.165) is 17.8 Å². The Labute approximate surface area is 126 Å². The summed E-state index contributed by atoms with van der Waals surface area (Å²) >= 11 is 0. The van der Waals surface area contributed by atoms with Crippen LogP contribution in [0.3, 0.4) is 0 Å². The molecule has 0 aliphatic heterocycles. The van der Waals surface area contributed by atoms with Crippen LogP contribution in [0.5, 0.6) is 0 Å². The minimum atomic E-state index is -0.0145. The van der Waals surface area contributed by atoms with Gasteiger partial charge in [-0.05, 0) is 55.7 Å². The van der Waals surface area contributed by atoms with Crippen molar-refractivity contribution >= 4 is 22.8 Å². The lowest BCUT2D eigenvalue weighted by molar-refractivity contribution is 0.101. The molecule has 21 heavy (non-hydrogen) atoms. The van der Waals surface area contributed by atoms with Gasteiger partial charge in [0.15, 0.2) is 5.78 Å². The zero-order valence-electron chi connectivity index (χ0n) is 12.6. The average molecular weight is 282 g/mol. The second-order valence-electron chi connectivity index (χ2n) is 5.28. The molecular weight excluding hydrogens is 260 g/mol. The molecule has 3 heteroatoms. The number of nitrogens with two attached hydrogens (primary N) is 1. The number of carbonyl (C=O) groups is 1. The quantitative estimate of drug-likeness (QED) is 0.603. The van der Waals surface area contributed by atoms with Gasteiger partial charge in [0.05, 0.1) is 0 Å². The molecule has 3 N–H and O–H groups in total. The Morgan fingerprint density at radius 2 is 1.76 bits per heavy atom. The van der Waals surface area contributed by atoms with Crippen LogP contribution in [0.1, 0.15) is 42.6 Å². The predicted octanol–water partition coefficient (Wildman–Crippen LogP) is 4.56. The molecule has 0 aliphatic rings. The van der Waals surface area contributed by atoms with Crippen molar-refractivity contribution < 1.29 is 4.79 Å². The van der Waals surface area contributed by atoms with Crippen LogP contribution >= 0.6 is 0 Å². The zero-order valence-corrected chi connectivity index (χ0v) is 12.6. The number of ketones is 1. The fourth-order valence-electron chi connectivity index (χ4n) is 2.26. The molecule has 110 valence electrons. The number of anilines is 3. The first-order valence-electron chi connectivity index (χ1n) is 7.36. The van der Waals surface area contributed by atoms with Gasteiger partial charge < -0.3 is 11.1 Å². The molecule has 0 aromatic heterocycles. The summed E-state index contributed by atoms with van der Waals surface area (Å²) in [4.78, 5) is 11.4. The topological polar surface area (TPSA) is 55.1 Å². The summed E-state index contributed by atoms with van der Waals surface area (Å²) in [5, 5.41) is 3.30. The fourth-order valence-corrected chi connectivity index (χ4v) is 2.26. The van der Waals surface area contributed by atoms with Gasteiger partial charge in [-0.2, -0.15) is 0 Å². The molecule has 2 aromatic rings. The van der Waals surface area contributed by atoms with Crippen LogP contribution in [-0.2, 0) is 6.42 Å². The average Bonchev–Trinajstić information content (AvgIpc) is 2.46. The second-order valence-corrected chi connectivity index (χ2v) is 5.28. The monoisotopic (exact) mass is 282 g/mol. The maximum atomic E-state index is 11.4. The van der Waals surface area contributed by atoms with Gasteiger partial charge in [0.2, 0.25) is 0 Å². The summed E-state index contributed by atoms with van der Waals surface area (Å²) in [6, 6.07) is 13.9.